The molecule has 0 N–H and O–H groups in total. The smallest absolute Gasteiger partial charge is 0.311 e. The Hall–Kier alpha value is -1.39. The SMILES string of the molecule is C[C@@H]1CC[C@H]2[C@@H](CCCc3ccccc3)C(=O)O[C@@H]3O[C@@]4(C)CC[C@@H]1[C@]32O4. The molecule has 0 radical (unpaired) electrons. The van der Waals surface area contributed by atoms with Crippen LogP contribution in [-0.2, 0) is 25.4 Å². The minimum absolute atomic E-state index is 0.0657. The molecule has 4 nitrogen and oxygen atoms in total. The van der Waals surface area contributed by atoms with Crippen molar-refractivity contribution in [2.75, 3.05) is 0 Å². The van der Waals surface area contributed by atoms with Crippen LogP contribution in [-0.4, -0.2) is 23.6 Å². The molecule has 0 amide bonds. The fraction of sp³-hybridized carbons (Fsp3) is 0.696. The molecular formula is C23H30O4. The number of fused-ring (bicyclic) bond motifs is 1. The number of carbonyl (C=O) groups is 1. The van der Waals surface area contributed by atoms with Gasteiger partial charge in [0, 0.05) is 12.3 Å². The number of ether oxygens (including phenoxy) is 3. The summed E-state index contributed by atoms with van der Waals surface area (Å²) in [7, 11) is 0. The monoisotopic (exact) mass is 370 g/mol. The van der Waals surface area contributed by atoms with Crippen LogP contribution in [0.1, 0.15) is 57.9 Å². The van der Waals surface area contributed by atoms with Crippen molar-refractivity contribution in [3.05, 3.63) is 35.9 Å². The van der Waals surface area contributed by atoms with Crippen LogP contribution in [0, 0.1) is 23.7 Å². The zero-order valence-electron chi connectivity index (χ0n) is 16.4. The summed E-state index contributed by atoms with van der Waals surface area (Å²) in [6.45, 7) is 4.35. The third kappa shape index (κ3) is 2.67. The molecule has 1 aromatic rings. The number of rotatable bonds is 4. The fourth-order valence-corrected chi connectivity index (χ4v) is 6.37. The van der Waals surface area contributed by atoms with Gasteiger partial charge in [0.1, 0.15) is 5.60 Å². The van der Waals surface area contributed by atoms with Crippen molar-refractivity contribution in [1.29, 1.82) is 0 Å². The molecule has 146 valence electrons. The van der Waals surface area contributed by atoms with Crippen LogP contribution < -0.4 is 0 Å². The first-order valence-electron chi connectivity index (χ1n) is 10.6. The van der Waals surface area contributed by atoms with E-state index in [4.69, 9.17) is 14.2 Å². The van der Waals surface area contributed by atoms with E-state index in [-0.39, 0.29) is 17.8 Å². The Morgan fingerprint density at radius 2 is 1.93 bits per heavy atom. The van der Waals surface area contributed by atoms with Gasteiger partial charge in [-0.2, -0.15) is 0 Å². The number of hydrogen-bond donors (Lipinski definition) is 0. The summed E-state index contributed by atoms with van der Waals surface area (Å²) in [5.41, 5.74) is 0.911. The third-order valence-electron chi connectivity index (χ3n) is 7.64. The van der Waals surface area contributed by atoms with Crippen LogP contribution in [0.5, 0.6) is 0 Å². The largest absolute Gasteiger partial charge is 0.432 e. The Morgan fingerprint density at radius 1 is 1.11 bits per heavy atom. The number of carbonyl (C=O) groups excluding carboxylic acids is 1. The van der Waals surface area contributed by atoms with Crippen molar-refractivity contribution in [1.82, 2.24) is 0 Å². The minimum atomic E-state index is -0.588. The summed E-state index contributed by atoms with van der Waals surface area (Å²) in [4.78, 5) is 12.9. The topological polar surface area (TPSA) is 44.8 Å². The number of hydrogen-bond acceptors (Lipinski definition) is 4. The van der Waals surface area contributed by atoms with Crippen LogP contribution in [0.2, 0.25) is 0 Å². The lowest BCUT2D eigenvalue weighted by molar-refractivity contribution is -0.265. The van der Waals surface area contributed by atoms with E-state index in [0.29, 0.717) is 11.8 Å². The number of benzene rings is 1. The van der Waals surface area contributed by atoms with Gasteiger partial charge in [-0.1, -0.05) is 37.3 Å². The highest BCUT2D eigenvalue weighted by Gasteiger charge is 2.72. The molecule has 1 aliphatic carbocycles. The van der Waals surface area contributed by atoms with Gasteiger partial charge in [0.2, 0.25) is 6.29 Å². The lowest BCUT2D eigenvalue weighted by Crippen LogP contribution is -2.65. The molecule has 3 heterocycles. The highest BCUT2D eigenvalue weighted by Crippen LogP contribution is 2.63. The quantitative estimate of drug-likeness (QED) is 0.734. The van der Waals surface area contributed by atoms with Crippen LogP contribution >= 0.6 is 0 Å². The van der Waals surface area contributed by atoms with E-state index in [1.54, 1.807) is 0 Å². The van der Waals surface area contributed by atoms with Crippen molar-refractivity contribution in [3.8, 4) is 0 Å². The van der Waals surface area contributed by atoms with Gasteiger partial charge in [0.05, 0.1) is 5.92 Å². The van der Waals surface area contributed by atoms with Gasteiger partial charge in [-0.05, 0) is 62.8 Å². The molecule has 27 heavy (non-hydrogen) atoms. The lowest BCUT2D eigenvalue weighted by atomic mass is 9.56. The van der Waals surface area contributed by atoms with Gasteiger partial charge in [-0.15, -0.1) is 0 Å². The Labute approximate surface area is 161 Å². The average Bonchev–Trinajstić information content (AvgIpc) is 2.87. The summed E-state index contributed by atoms with van der Waals surface area (Å²) in [6.07, 6.45) is 6.57. The molecule has 2 bridgehead atoms. The van der Waals surface area contributed by atoms with Gasteiger partial charge < -0.3 is 14.2 Å². The number of aryl methyl sites for hydroxylation is 1. The van der Waals surface area contributed by atoms with Gasteiger partial charge in [-0.3, -0.25) is 4.79 Å². The second-order valence-electron chi connectivity index (χ2n) is 9.27. The molecule has 0 aromatic heterocycles. The summed E-state index contributed by atoms with van der Waals surface area (Å²) < 4.78 is 18.7. The molecule has 1 spiro atoms. The first-order chi connectivity index (χ1) is 13.0. The van der Waals surface area contributed by atoms with Gasteiger partial charge in [-0.25, -0.2) is 0 Å². The predicted molar refractivity (Wildman–Crippen MR) is 101 cm³/mol. The molecule has 4 fully saturated rings. The molecule has 0 unspecified atom stereocenters. The first-order valence-corrected chi connectivity index (χ1v) is 10.6. The van der Waals surface area contributed by atoms with Gasteiger partial charge in [0.15, 0.2) is 5.79 Å². The molecule has 5 rings (SSSR count). The van der Waals surface area contributed by atoms with E-state index < -0.39 is 17.7 Å². The van der Waals surface area contributed by atoms with Crippen molar-refractivity contribution in [2.24, 2.45) is 23.7 Å². The molecule has 4 heteroatoms. The lowest BCUT2D eigenvalue weighted by Gasteiger charge is -2.56. The molecule has 1 aromatic carbocycles. The summed E-state index contributed by atoms with van der Waals surface area (Å²) in [6, 6.07) is 10.5. The average molecular weight is 370 g/mol. The summed E-state index contributed by atoms with van der Waals surface area (Å²) in [5.74, 6) is 0.525. The fourth-order valence-electron chi connectivity index (χ4n) is 6.37. The van der Waals surface area contributed by atoms with Crippen molar-refractivity contribution < 1.29 is 19.0 Å². The maximum absolute atomic E-state index is 12.9. The molecule has 7 atom stereocenters. The maximum Gasteiger partial charge on any atom is 0.311 e. The third-order valence-corrected chi connectivity index (χ3v) is 7.64. The number of esters is 1. The Morgan fingerprint density at radius 3 is 2.74 bits per heavy atom. The van der Waals surface area contributed by atoms with E-state index in [9.17, 15) is 4.79 Å². The van der Waals surface area contributed by atoms with E-state index >= 15 is 0 Å². The van der Waals surface area contributed by atoms with E-state index in [0.717, 1.165) is 38.5 Å². The van der Waals surface area contributed by atoms with Crippen molar-refractivity contribution in [3.63, 3.8) is 0 Å². The van der Waals surface area contributed by atoms with Gasteiger partial charge in [0.25, 0.3) is 0 Å². The van der Waals surface area contributed by atoms with Crippen molar-refractivity contribution >= 4 is 5.97 Å². The normalized spacial score (nSPS) is 45.3. The Balaban J connectivity index is 1.39. The highest BCUT2D eigenvalue weighted by molar-refractivity contribution is 5.74. The zero-order valence-corrected chi connectivity index (χ0v) is 16.4. The van der Waals surface area contributed by atoms with Crippen LogP contribution in [0.25, 0.3) is 0 Å². The van der Waals surface area contributed by atoms with E-state index in [2.05, 4.69) is 31.2 Å². The predicted octanol–water partition coefficient (Wildman–Crippen LogP) is 4.47. The molecule has 3 aliphatic heterocycles. The standard InChI is InChI=1S/C23H30O4/c1-15-11-12-19-17(10-6-9-16-7-4-3-5-8-16)20(24)25-21-23(19)18(15)13-14-22(2,26-21)27-23/h3-5,7-8,15,17-19,21H,6,9-14H2,1-2H3/t15-,17-,18+,19+,21-,22-,23-/m1/s1. The minimum Gasteiger partial charge on any atom is -0.432 e. The zero-order chi connectivity index (χ0) is 18.6. The second kappa shape index (κ2) is 6.31. The summed E-state index contributed by atoms with van der Waals surface area (Å²) >= 11 is 0. The Kier molecular flexibility index (Phi) is 4.14. The summed E-state index contributed by atoms with van der Waals surface area (Å²) in [5, 5.41) is 0. The van der Waals surface area contributed by atoms with Crippen LogP contribution in [0.15, 0.2) is 30.3 Å². The van der Waals surface area contributed by atoms with Crippen LogP contribution in [0.4, 0.5) is 0 Å². The Bertz CT molecular complexity index is 718. The van der Waals surface area contributed by atoms with Crippen LogP contribution in [0.3, 0.4) is 0 Å². The highest BCUT2D eigenvalue weighted by atomic mass is 16.8. The molecule has 3 saturated heterocycles. The molecule has 4 aliphatic rings. The van der Waals surface area contributed by atoms with Gasteiger partial charge >= 0.3 is 5.97 Å². The molecule has 1 saturated carbocycles. The maximum atomic E-state index is 12.9. The second-order valence-corrected chi connectivity index (χ2v) is 9.27. The molecular weight excluding hydrogens is 340 g/mol. The van der Waals surface area contributed by atoms with E-state index in [1.807, 2.05) is 13.0 Å². The van der Waals surface area contributed by atoms with E-state index in [1.165, 1.54) is 12.0 Å². The first kappa shape index (κ1) is 17.7. The van der Waals surface area contributed by atoms with Crippen molar-refractivity contribution in [2.45, 2.75) is 76.5 Å².